The van der Waals surface area contributed by atoms with E-state index in [0.717, 1.165) is 34.8 Å². The van der Waals surface area contributed by atoms with Gasteiger partial charge in [0.25, 0.3) is 0 Å². The van der Waals surface area contributed by atoms with Crippen LogP contribution in [0.15, 0.2) is 0 Å². The van der Waals surface area contributed by atoms with Crippen molar-refractivity contribution in [1.82, 2.24) is 21.3 Å². The monoisotopic (exact) mass is 1170 g/mol. The number of amides is 4. The van der Waals surface area contributed by atoms with Gasteiger partial charge in [-0.2, -0.15) is 0 Å². The van der Waals surface area contributed by atoms with Crippen LogP contribution >= 0.6 is 0 Å². The average molecular weight is 1170 g/mol. The first-order valence-corrected chi connectivity index (χ1v) is 23.8. The van der Waals surface area contributed by atoms with Gasteiger partial charge in [0.15, 0.2) is 18.6 Å². The first-order valence-electron chi connectivity index (χ1n) is 23.8. The zero-order valence-electron chi connectivity index (χ0n) is 44.2. The Labute approximate surface area is 493 Å². The van der Waals surface area contributed by atoms with Crippen molar-refractivity contribution in [3.05, 3.63) is 0 Å². The first-order chi connectivity index (χ1) is 35.9. The SMILES string of the molecule is COC(=O)[C@@H](NC(C)=O)[C@@H](C)O[C@H]1O[C@H](CO[C@]2(C(=O)[O-])C[C@H](O)[C@@H](NC(C)=O)[C@H]([C@H](O)[C@H](O)CO)O2)[C@H](O)[C@H](O[C@@H]2O[C@H](CO)[C@H](O)[C@H](O[C@]3(C(=O)[O-])C[C@H](O)[C@@H](NC(C)=O)[C@H]([C@H](O)[C@H](O)CO)O3)[C@H]2O)[C@H]1NC(C)=O.[Na+].[Na+]. The van der Waals surface area contributed by atoms with Gasteiger partial charge in [0.2, 0.25) is 35.2 Å². The second-order valence-electron chi connectivity index (χ2n) is 18.7. The van der Waals surface area contributed by atoms with Crippen molar-refractivity contribution in [3.63, 3.8) is 0 Å². The van der Waals surface area contributed by atoms with Crippen LogP contribution in [-0.2, 0) is 76.2 Å². The summed E-state index contributed by atoms with van der Waals surface area (Å²) < 4.78 is 51.0. The number of rotatable bonds is 24. The molecular weight excluding hydrogens is 1100 g/mol. The van der Waals surface area contributed by atoms with Crippen LogP contribution in [0.1, 0.15) is 47.5 Å². The number of methoxy groups -OCH3 is 1. The molecule has 34 nitrogen and oxygen atoms in total. The van der Waals surface area contributed by atoms with E-state index in [-0.39, 0.29) is 59.1 Å². The number of aliphatic carboxylic acids is 2. The number of hydrogen-bond acceptors (Lipinski definition) is 30. The van der Waals surface area contributed by atoms with Crippen LogP contribution in [-0.4, -0.2) is 282 Å². The molecule has 0 aromatic rings. The van der Waals surface area contributed by atoms with Crippen LogP contribution < -0.4 is 90.6 Å². The van der Waals surface area contributed by atoms with Crippen molar-refractivity contribution in [2.45, 2.75) is 193 Å². The summed E-state index contributed by atoms with van der Waals surface area (Å²) in [7, 11) is 0.949. The number of esters is 1. The Hall–Kier alpha value is -2.51. The number of carbonyl (C=O) groups excluding carboxylic acids is 7. The number of carboxylic acid groups (broad SMARTS) is 2. The minimum absolute atomic E-state index is 0. The standard InChI is InChI=1S/C43H70N4O30.2Na/c1-13(24(37(64)69-6)44-14(2)51)71-38-27(47-17(5)54)33(31(62)23(73-38)12-70-42(40(65)66)7-18(55)25(45-15(3)52)34(75-42)28(59)20(57)9-48)74-39-32(63)36(30(61)22(11-50)72-39)77-43(41(67)68)8-19(56)26(46-16(4)53)35(76-43)29(60)21(58)10-49;;/h13,18-36,38-39,48-50,55-63H,7-12H2,1-6H3,(H,44,51)(H,45,52)(H,46,53)(H,47,54)(H,65,66)(H,67,68);;/q;2*+1/p-2/t13-,18+,19+,20-,21-,22-,23-,24+,25-,26-,27-,28-,29-,30+,31+,32-,33-,34-,35-,36+,38+,39+,42-,43+;;/m1../s1. The molecule has 4 rings (SSSR count). The summed E-state index contributed by atoms with van der Waals surface area (Å²) in [6, 6.07) is -6.99. The number of aliphatic hydroxyl groups excluding tert-OH is 12. The maximum Gasteiger partial charge on any atom is 1.00 e. The van der Waals surface area contributed by atoms with Gasteiger partial charge < -0.3 is 145 Å². The molecule has 36 heteroatoms. The molecule has 442 valence electrons. The van der Waals surface area contributed by atoms with Crippen LogP contribution in [0.3, 0.4) is 0 Å². The van der Waals surface area contributed by atoms with Crippen molar-refractivity contribution in [2.24, 2.45) is 0 Å². The zero-order chi connectivity index (χ0) is 58.2. The molecule has 4 saturated heterocycles. The second-order valence-corrected chi connectivity index (χ2v) is 18.7. The maximum atomic E-state index is 13.0. The number of carbonyl (C=O) groups is 7. The summed E-state index contributed by atoms with van der Waals surface area (Å²) in [4.78, 5) is 88.2. The molecule has 0 bridgehead atoms. The molecular formula is C43H68N4Na2O30. The third-order valence-corrected chi connectivity index (χ3v) is 12.9. The summed E-state index contributed by atoms with van der Waals surface area (Å²) >= 11 is 0. The van der Waals surface area contributed by atoms with E-state index in [4.69, 9.17) is 42.6 Å². The van der Waals surface area contributed by atoms with Gasteiger partial charge in [-0.25, -0.2) is 4.79 Å². The molecule has 4 aliphatic heterocycles. The molecule has 0 unspecified atom stereocenters. The number of aliphatic hydroxyl groups is 12. The second kappa shape index (κ2) is 31.4. The van der Waals surface area contributed by atoms with Crippen LogP contribution in [0, 0.1) is 0 Å². The molecule has 4 amide bonds. The summed E-state index contributed by atoms with van der Waals surface area (Å²) in [5, 5.41) is 165. The van der Waals surface area contributed by atoms with E-state index in [1.165, 1.54) is 6.92 Å². The Balaban J connectivity index is 0.0000107. The molecule has 4 heterocycles. The number of carboxylic acids is 2. The number of hydrogen-bond donors (Lipinski definition) is 16. The van der Waals surface area contributed by atoms with E-state index >= 15 is 0 Å². The summed E-state index contributed by atoms with van der Waals surface area (Å²) in [5.41, 5.74) is 0. The van der Waals surface area contributed by atoms with Gasteiger partial charge in [-0.1, -0.05) is 0 Å². The van der Waals surface area contributed by atoms with E-state index in [1.807, 2.05) is 0 Å². The Morgan fingerprint density at radius 2 is 1.08 bits per heavy atom. The van der Waals surface area contributed by atoms with Crippen molar-refractivity contribution < 1.29 is 207 Å². The molecule has 0 saturated carbocycles. The van der Waals surface area contributed by atoms with Crippen molar-refractivity contribution in [3.8, 4) is 0 Å². The molecule has 24 atom stereocenters. The van der Waals surface area contributed by atoms with Crippen LogP contribution in [0.2, 0.25) is 0 Å². The van der Waals surface area contributed by atoms with Crippen molar-refractivity contribution in [2.75, 3.05) is 33.5 Å². The Bertz CT molecular complexity index is 2060. The molecule has 79 heavy (non-hydrogen) atoms. The predicted octanol–water partition coefficient (Wildman–Crippen LogP) is -19.5. The van der Waals surface area contributed by atoms with Gasteiger partial charge in [-0.05, 0) is 6.92 Å². The van der Waals surface area contributed by atoms with Gasteiger partial charge >= 0.3 is 65.1 Å². The van der Waals surface area contributed by atoms with E-state index in [0.29, 0.717) is 0 Å². The van der Waals surface area contributed by atoms with E-state index in [1.54, 1.807) is 0 Å². The number of nitrogens with one attached hydrogen (secondary N) is 4. The topological polar surface area (TPSA) is 540 Å². The van der Waals surface area contributed by atoms with Crippen LogP contribution in [0.25, 0.3) is 0 Å². The largest absolute Gasteiger partial charge is 1.00 e. The summed E-state index contributed by atoms with van der Waals surface area (Å²) in [6.45, 7) is 0.278. The first kappa shape index (κ1) is 72.6. The molecule has 0 aromatic heterocycles. The molecule has 0 aliphatic carbocycles. The molecule has 16 N–H and O–H groups in total. The van der Waals surface area contributed by atoms with E-state index in [9.17, 15) is 105 Å². The Morgan fingerprint density at radius 1 is 0.633 bits per heavy atom. The summed E-state index contributed by atoms with van der Waals surface area (Å²) in [6.07, 6.45) is -41.4. The zero-order valence-corrected chi connectivity index (χ0v) is 48.2. The molecule has 4 fully saturated rings. The molecule has 0 spiro atoms. The fourth-order valence-electron chi connectivity index (χ4n) is 9.13. The van der Waals surface area contributed by atoms with Crippen LogP contribution in [0.4, 0.5) is 0 Å². The molecule has 4 aliphatic rings. The number of ether oxygens (including phenoxy) is 9. The third-order valence-electron chi connectivity index (χ3n) is 12.9. The quantitative estimate of drug-likeness (QED) is 0.0315. The predicted molar refractivity (Wildman–Crippen MR) is 236 cm³/mol. The van der Waals surface area contributed by atoms with Crippen LogP contribution in [0.5, 0.6) is 0 Å². The molecule has 0 radical (unpaired) electrons. The third kappa shape index (κ3) is 17.5. The van der Waals surface area contributed by atoms with E-state index < -0.39 is 227 Å². The van der Waals surface area contributed by atoms with Crippen molar-refractivity contribution >= 4 is 41.5 Å². The molecule has 0 aromatic carbocycles. The van der Waals surface area contributed by atoms with E-state index in [2.05, 4.69) is 21.3 Å². The normalized spacial score (nSPS) is 36.9. The van der Waals surface area contributed by atoms with Gasteiger partial charge in [0, 0.05) is 40.5 Å². The minimum Gasteiger partial charge on any atom is -0.544 e. The fraction of sp³-hybridized carbons (Fsp3) is 0.837. The maximum absolute atomic E-state index is 13.0. The van der Waals surface area contributed by atoms with Gasteiger partial charge in [-0.3, -0.25) is 19.2 Å². The van der Waals surface area contributed by atoms with Crippen molar-refractivity contribution in [1.29, 1.82) is 0 Å². The van der Waals surface area contributed by atoms with Gasteiger partial charge in [0.1, 0.15) is 97.3 Å². The van der Waals surface area contributed by atoms with Gasteiger partial charge in [0.05, 0.1) is 63.9 Å². The van der Waals surface area contributed by atoms with Gasteiger partial charge in [-0.15, -0.1) is 0 Å². The fourth-order valence-corrected chi connectivity index (χ4v) is 9.13. The smallest absolute Gasteiger partial charge is 0.544 e. The Kier molecular flexibility index (Phi) is 28.9. The average Bonchev–Trinajstić information content (AvgIpc) is 3.37. The Morgan fingerprint density at radius 3 is 1.51 bits per heavy atom. The minimum atomic E-state index is -3.38. The summed E-state index contributed by atoms with van der Waals surface area (Å²) in [5.74, 6) is -15.8.